The van der Waals surface area contributed by atoms with Crippen molar-refractivity contribution in [3.63, 3.8) is 0 Å². The van der Waals surface area contributed by atoms with Gasteiger partial charge in [0.15, 0.2) is 0 Å². The molecular formula is C17H33NO. The molecule has 1 heterocycles. The van der Waals surface area contributed by atoms with Crippen molar-refractivity contribution in [2.45, 2.75) is 90.4 Å². The summed E-state index contributed by atoms with van der Waals surface area (Å²) in [4.78, 5) is 12.1. The van der Waals surface area contributed by atoms with Crippen LogP contribution in [-0.2, 0) is 4.79 Å². The third-order valence-corrected chi connectivity index (χ3v) is 4.31. The number of amides is 1. The number of carbonyl (C=O) groups excluding carboxylic acids is 1. The van der Waals surface area contributed by atoms with Crippen molar-refractivity contribution in [3.05, 3.63) is 0 Å². The summed E-state index contributed by atoms with van der Waals surface area (Å²) in [7, 11) is 0. The van der Waals surface area contributed by atoms with E-state index in [4.69, 9.17) is 0 Å². The molecule has 1 amide bonds. The summed E-state index contributed by atoms with van der Waals surface area (Å²) in [6.07, 6.45) is 16.5. The normalized spacial score (nSPS) is 21.9. The fourth-order valence-corrected chi connectivity index (χ4v) is 2.98. The number of hydrogen-bond donors (Lipinski definition) is 1. The molecule has 1 atom stereocenters. The zero-order valence-corrected chi connectivity index (χ0v) is 12.9. The molecular weight excluding hydrogens is 234 g/mol. The van der Waals surface area contributed by atoms with Gasteiger partial charge in [0.25, 0.3) is 0 Å². The van der Waals surface area contributed by atoms with E-state index < -0.39 is 0 Å². The van der Waals surface area contributed by atoms with Gasteiger partial charge in [-0.3, -0.25) is 4.79 Å². The van der Waals surface area contributed by atoms with Crippen LogP contribution in [0.5, 0.6) is 0 Å². The van der Waals surface area contributed by atoms with Crippen molar-refractivity contribution >= 4 is 5.91 Å². The Balaban J connectivity index is 2.17. The smallest absolute Gasteiger partial charge is 0.223 e. The van der Waals surface area contributed by atoms with Crippen molar-refractivity contribution in [3.8, 4) is 0 Å². The van der Waals surface area contributed by atoms with Gasteiger partial charge in [-0.15, -0.1) is 0 Å². The first-order valence-corrected chi connectivity index (χ1v) is 8.62. The highest BCUT2D eigenvalue weighted by atomic mass is 16.1. The van der Waals surface area contributed by atoms with E-state index in [1.54, 1.807) is 0 Å². The molecule has 1 aliphatic heterocycles. The van der Waals surface area contributed by atoms with Gasteiger partial charge in [0.1, 0.15) is 0 Å². The summed E-state index contributed by atoms with van der Waals surface area (Å²) >= 11 is 0. The lowest BCUT2D eigenvalue weighted by atomic mass is 9.92. The molecule has 0 saturated carbocycles. The van der Waals surface area contributed by atoms with Gasteiger partial charge in [-0.05, 0) is 19.3 Å². The molecule has 2 heteroatoms. The summed E-state index contributed by atoms with van der Waals surface area (Å²) in [5.41, 5.74) is 0. The summed E-state index contributed by atoms with van der Waals surface area (Å²) < 4.78 is 0. The highest BCUT2D eigenvalue weighted by Gasteiger charge is 2.17. The van der Waals surface area contributed by atoms with E-state index in [2.05, 4.69) is 12.2 Å². The average molecular weight is 267 g/mol. The second-order valence-corrected chi connectivity index (χ2v) is 6.10. The van der Waals surface area contributed by atoms with Gasteiger partial charge in [-0.2, -0.15) is 0 Å². The molecule has 1 fully saturated rings. The van der Waals surface area contributed by atoms with Crippen LogP contribution in [0.1, 0.15) is 90.4 Å². The quantitative estimate of drug-likeness (QED) is 0.658. The topological polar surface area (TPSA) is 29.1 Å². The second kappa shape index (κ2) is 11.3. The minimum Gasteiger partial charge on any atom is -0.356 e. The Kier molecular flexibility index (Phi) is 9.84. The lowest BCUT2D eigenvalue weighted by Gasteiger charge is -2.18. The summed E-state index contributed by atoms with van der Waals surface area (Å²) in [6, 6.07) is 0. The molecule has 1 aliphatic rings. The molecule has 1 unspecified atom stereocenters. The predicted octanol–water partition coefficient (Wildman–Crippen LogP) is 4.82. The van der Waals surface area contributed by atoms with Crippen LogP contribution >= 0.6 is 0 Å². The van der Waals surface area contributed by atoms with Crippen LogP contribution in [0.25, 0.3) is 0 Å². The molecule has 2 nitrogen and oxygen atoms in total. The van der Waals surface area contributed by atoms with Gasteiger partial charge in [0.2, 0.25) is 5.91 Å². The predicted molar refractivity (Wildman–Crippen MR) is 82.2 cm³/mol. The van der Waals surface area contributed by atoms with Crippen LogP contribution in [0.2, 0.25) is 0 Å². The Labute approximate surface area is 119 Å². The molecule has 0 aromatic rings. The van der Waals surface area contributed by atoms with E-state index in [1.807, 2.05) is 0 Å². The van der Waals surface area contributed by atoms with Crippen LogP contribution in [-0.4, -0.2) is 12.5 Å². The highest BCUT2D eigenvalue weighted by Crippen LogP contribution is 2.20. The first-order chi connectivity index (χ1) is 9.34. The fraction of sp³-hybridized carbons (Fsp3) is 0.941. The van der Waals surface area contributed by atoms with E-state index in [0.29, 0.717) is 11.8 Å². The van der Waals surface area contributed by atoms with Crippen molar-refractivity contribution in [2.75, 3.05) is 6.54 Å². The molecule has 0 bridgehead atoms. The SMILES string of the molecule is CCCCCCCCC1CCCCCCCNC1=O. The van der Waals surface area contributed by atoms with Crippen LogP contribution in [0, 0.1) is 5.92 Å². The number of hydrogen-bond acceptors (Lipinski definition) is 1. The second-order valence-electron chi connectivity index (χ2n) is 6.10. The molecule has 19 heavy (non-hydrogen) atoms. The van der Waals surface area contributed by atoms with E-state index in [1.165, 1.54) is 64.2 Å². The summed E-state index contributed by atoms with van der Waals surface area (Å²) in [5.74, 6) is 0.625. The highest BCUT2D eigenvalue weighted by molar-refractivity contribution is 5.78. The zero-order valence-electron chi connectivity index (χ0n) is 12.9. The van der Waals surface area contributed by atoms with E-state index >= 15 is 0 Å². The van der Waals surface area contributed by atoms with Gasteiger partial charge >= 0.3 is 0 Å². The van der Waals surface area contributed by atoms with Crippen LogP contribution < -0.4 is 5.32 Å². The monoisotopic (exact) mass is 267 g/mol. The van der Waals surface area contributed by atoms with Crippen LogP contribution in [0.15, 0.2) is 0 Å². The number of nitrogens with one attached hydrogen (secondary N) is 1. The van der Waals surface area contributed by atoms with Crippen molar-refractivity contribution in [2.24, 2.45) is 5.92 Å². The average Bonchev–Trinajstić information content (AvgIpc) is 2.43. The minimum atomic E-state index is 0.296. The third-order valence-electron chi connectivity index (χ3n) is 4.31. The number of rotatable bonds is 7. The van der Waals surface area contributed by atoms with Crippen molar-refractivity contribution in [1.82, 2.24) is 5.32 Å². The molecule has 1 rings (SSSR count). The largest absolute Gasteiger partial charge is 0.356 e. The molecule has 0 radical (unpaired) electrons. The third kappa shape index (κ3) is 8.28. The fourth-order valence-electron chi connectivity index (χ4n) is 2.98. The molecule has 1 saturated heterocycles. The first kappa shape index (κ1) is 16.5. The summed E-state index contributed by atoms with van der Waals surface area (Å²) in [5, 5.41) is 3.12. The minimum absolute atomic E-state index is 0.296. The Morgan fingerprint density at radius 2 is 1.63 bits per heavy atom. The van der Waals surface area contributed by atoms with Crippen LogP contribution in [0.3, 0.4) is 0 Å². The van der Waals surface area contributed by atoms with Crippen molar-refractivity contribution in [1.29, 1.82) is 0 Å². The van der Waals surface area contributed by atoms with Gasteiger partial charge < -0.3 is 5.32 Å². The Morgan fingerprint density at radius 1 is 0.947 bits per heavy atom. The molecule has 0 aromatic heterocycles. The first-order valence-electron chi connectivity index (χ1n) is 8.62. The van der Waals surface area contributed by atoms with Crippen molar-refractivity contribution < 1.29 is 4.79 Å². The standard InChI is InChI=1S/C17H33NO/c1-2-3-4-5-7-10-13-16-14-11-8-6-9-12-15-18-17(16)19/h16H,2-15H2,1H3,(H,18,19). The van der Waals surface area contributed by atoms with Gasteiger partial charge in [-0.25, -0.2) is 0 Å². The van der Waals surface area contributed by atoms with E-state index in [-0.39, 0.29) is 0 Å². The van der Waals surface area contributed by atoms with E-state index in [9.17, 15) is 4.79 Å². The van der Waals surface area contributed by atoms with E-state index in [0.717, 1.165) is 25.8 Å². The maximum atomic E-state index is 12.1. The Morgan fingerprint density at radius 3 is 2.47 bits per heavy atom. The number of carbonyl (C=O) groups is 1. The molecule has 1 N–H and O–H groups in total. The Bertz CT molecular complexity index is 227. The maximum absolute atomic E-state index is 12.1. The van der Waals surface area contributed by atoms with Crippen LogP contribution in [0.4, 0.5) is 0 Å². The lowest BCUT2D eigenvalue weighted by Crippen LogP contribution is -2.32. The molecule has 0 aromatic carbocycles. The zero-order chi connectivity index (χ0) is 13.8. The van der Waals surface area contributed by atoms with Gasteiger partial charge in [0, 0.05) is 12.5 Å². The van der Waals surface area contributed by atoms with Gasteiger partial charge in [-0.1, -0.05) is 71.1 Å². The van der Waals surface area contributed by atoms with Gasteiger partial charge in [0.05, 0.1) is 0 Å². The summed E-state index contributed by atoms with van der Waals surface area (Å²) in [6.45, 7) is 3.15. The molecule has 112 valence electrons. The lowest BCUT2D eigenvalue weighted by molar-refractivity contribution is -0.125. The maximum Gasteiger partial charge on any atom is 0.223 e. The Hall–Kier alpha value is -0.530. The number of unbranched alkanes of at least 4 members (excludes halogenated alkanes) is 5. The molecule has 0 spiro atoms. The molecule has 0 aliphatic carbocycles.